The molecule has 2 aliphatic carbocycles. The lowest BCUT2D eigenvalue weighted by Crippen LogP contribution is -2.33. The first-order valence-electron chi connectivity index (χ1n) is 11.5. The van der Waals surface area contributed by atoms with Crippen LogP contribution < -0.4 is 5.32 Å². The summed E-state index contributed by atoms with van der Waals surface area (Å²) in [5.41, 5.74) is 5.68. The molecule has 1 fully saturated rings. The van der Waals surface area contributed by atoms with Crippen LogP contribution in [-0.4, -0.2) is 18.5 Å². The lowest BCUT2D eigenvalue weighted by molar-refractivity contribution is -0.117. The zero-order valence-electron chi connectivity index (χ0n) is 19.5. The minimum Gasteiger partial charge on any atom is -0.458 e. The van der Waals surface area contributed by atoms with E-state index in [4.69, 9.17) is 4.74 Å². The predicted octanol–water partition coefficient (Wildman–Crippen LogP) is 6.12. The van der Waals surface area contributed by atoms with Crippen LogP contribution in [0.15, 0.2) is 55.1 Å². The van der Waals surface area contributed by atoms with E-state index in [2.05, 4.69) is 57.8 Å². The summed E-state index contributed by atoms with van der Waals surface area (Å²) in [6.07, 6.45) is 4.79. The third kappa shape index (κ3) is 4.36. The van der Waals surface area contributed by atoms with Gasteiger partial charge >= 0.3 is 5.97 Å². The predicted molar refractivity (Wildman–Crippen MR) is 128 cm³/mol. The quantitative estimate of drug-likeness (QED) is 0.443. The van der Waals surface area contributed by atoms with Gasteiger partial charge in [0.1, 0.15) is 6.61 Å². The van der Waals surface area contributed by atoms with Crippen LogP contribution in [0.5, 0.6) is 0 Å². The van der Waals surface area contributed by atoms with E-state index in [0.29, 0.717) is 11.3 Å². The average Bonchev–Trinajstić information content (AvgIpc) is 3.57. The molecule has 2 aliphatic rings. The molecule has 168 valence electrons. The topological polar surface area (TPSA) is 55.4 Å². The molecule has 2 unspecified atom stereocenters. The highest BCUT2D eigenvalue weighted by Gasteiger charge is 2.45. The largest absolute Gasteiger partial charge is 0.458 e. The maximum Gasteiger partial charge on any atom is 0.338 e. The fourth-order valence-corrected chi connectivity index (χ4v) is 4.83. The Labute approximate surface area is 191 Å². The molecule has 0 spiro atoms. The fraction of sp³-hybridized carbons (Fsp3) is 0.429. The molecule has 2 atom stereocenters. The normalized spacial score (nSPS) is 22.4. The van der Waals surface area contributed by atoms with Crippen molar-refractivity contribution < 1.29 is 14.3 Å². The van der Waals surface area contributed by atoms with Crippen LogP contribution in [0.1, 0.15) is 79.9 Å². The van der Waals surface area contributed by atoms with Crippen molar-refractivity contribution in [3.05, 3.63) is 77.4 Å². The molecule has 2 aromatic carbocycles. The zero-order chi connectivity index (χ0) is 23.1. The average molecular weight is 432 g/mol. The Balaban J connectivity index is 1.42. The van der Waals surface area contributed by atoms with E-state index >= 15 is 0 Å². The number of hydrogen-bond acceptors (Lipinski definition) is 3. The van der Waals surface area contributed by atoms with Crippen LogP contribution in [0.4, 0.5) is 5.69 Å². The lowest BCUT2D eigenvalue weighted by Gasteiger charge is -2.42. The maximum absolute atomic E-state index is 12.8. The monoisotopic (exact) mass is 431 g/mol. The molecule has 32 heavy (non-hydrogen) atoms. The molecule has 1 amide bonds. The minimum absolute atomic E-state index is 0.00926. The van der Waals surface area contributed by atoms with Gasteiger partial charge in [-0.15, -0.1) is 0 Å². The van der Waals surface area contributed by atoms with Crippen molar-refractivity contribution in [1.82, 2.24) is 0 Å². The van der Waals surface area contributed by atoms with E-state index in [1.807, 2.05) is 0 Å². The summed E-state index contributed by atoms with van der Waals surface area (Å²) in [7, 11) is 0. The molecule has 0 bridgehead atoms. The van der Waals surface area contributed by atoms with Crippen molar-refractivity contribution in [3.63, 3.8) is 0 Å². The number of nitrogens with one attached hydrogen (secondary N) is 1. The Morgan fingerprint density at radius 2 is 1.69 bits per heavy atom. The van der Waals surface area contributed by atoms with Crippen LogP contribution in [0.3, 0.4) is 0 Å². The number of carbonyl (C=O) groups is 2. The van der Waals surface area contributed by atoms with Crippen LogP contribution in [0.2, 0.25) is 0 Å². The van der Waals surface area contributed by atoms with Gasteiger partial charge in [-0.2, -0.15) is 0 Å². The Morgan fingerprint density at radius 1 is 1.03 bits per heavy atom. The molecule has 0 heterocycles. The van der Waals surface area contributed by atoms with Crippen molar-refractivity contribution in [2.45, 2.75) is 63.7 Å². The van der Waals surface area contributed by atoms with Gasteiger partial charge in [0, 0.05) is 11.6 Å². The highest BCUT2D eigenvalue weighted by atomic mass is 16.5. The van der Waals surface area contributed by atoms with Crippen molar-refractivity contribution in [2.24, 2.45) is 5.92 Å². The highest BCUT2D eigenvalue weighted by Crippen LogP contribution is 2.51. The number of amides is 1. The number of hydrogen-bond donors (Lipinski definition) is 1. The van der Waals surface area contributed by atoms with Crippen molar-refractivity contribution in [1.29, 1.82) is 0 Å². The van der Waals surface area contributed by atoms with E-state index in [0.717, 1.165) is 6.42 Å². The van der Waals surface area contributed by atoms with Crippen LogP contribution >= 0.6 is 0 Å². The molecule has 0 aromatic heterocycles. The Hall–Kier alpha value is -2.88. The van der Waals surface area contributed by atoms with Crippen molar-refractivity contribution >= 4 is 17.6 Å². The first kappa shape index (κ1) is 22.3. The molecule has 1 saturated carbocycles. The molecule has 2 aromatic rings. The number of anilines is 1. The number of ether oxygens (including phenoxy) is 1. The van der Waals surface area contributed by atoms with E-state index < -0.39 is 5.97 Å². The molecule has 0 aliphatic heterocycles. The summed E-state index contributed by atoms with van der Waals surface area (Å²) in [5, 5.41) is 3.00. The number of esters is 1. The summed E-state index contributed by atoms with van der Waals surface area (Å²) in [6.45, 7) is 13.0. The van der Waals surface area contributed by atoms with Crippen molar-refractivity contribution in [3.8, 4) is 0 Å². The SMILES string of the molecule is C=CCOC(=O)c1ccc(NC(=O)C2CC2c2ccc3c(c2)C(C)(C)CCC3(C)C)cc1. The van der Waals surface area contributed by atoms with Gasteiger partial charge in [0.15, 0.2) is 0 Å². The molecular formula is C28H33NO3. The highest BCUT2D eigenvalue weighted by molar-refractivity contribution is 5.96. The van der Waals surface area contributed by atoms with Crippen LogP contribution in [0, 0.1) is 5.92 Å². The zero-order valence-corrected chi connectivity index (χ0v) is 19.5. The van der Waals surface area contributed by atoms with Gasteiger partial charge in [-0.3, -0.25) is 4.79 Å². The second-order valence-corrected chi connectivity index (χ2v) is 10.5. The second-order valence-electron chi connectivity index (χ2n) is 10.5. The Bertz CT molecular complexity index is 1050. The molecule has 4 rings (SSSR count). The second kappa shape index (κ2) is 8.23. The Morgan fingerprint density at radius 3 is 2.34 bits per heavy atom. The van der Waals surface area contributed by atoms with Gasteiger partial charge in [0.05, 0.1) is 5.56 Å². The standard InChI is InChI=1S/C28H33NO3/c1-6-15-32-26(31)18-7-10-20(11-8-18)29-25(30)22-17-21(22)19-9-12-23-24(16-19)28(4,5)14-13-27(23,2)3/h6-12,16,21-22H,1,13-15,17H2,2-5H3,(H,29,30). The summed E-state index contributed by atoms with van der Waals surface area (Å²) >= 11 is 0. The van der Waals surface area contributed by atoms with E-state index in [1.165, 1.54) is 35.6 Å². The molecular weight excluding hydrogens is 398 g/mol. The van der Waals surface area contributed by atoms with E-state index in [9.17, 15) is 9.59 Å². The molecule has 4 nitrogen and oxygen atoms in total. The summed E-state index contributed by atoms with van der Waals surface area (Å²) in [4.78, 5) is 24.7. The number of benzene rings is 2. The molecule has 4 heteroatoms. The first-order valence-corrected chi connectivity index (χ1v) is 11.5. The van der Waals surface area contributed by atoms with Gasteiger partial charge < -0.3 is 10.1 Å². The number of carbonyl (C=O) groups excluding carboxylic acids is 2. The Kier molecular flexibility index (Phi) is 5.74. The first-order chi connectivity index (χ1) is 15.1. The molecule has 0 saturated heterocycles. The third-order valence-corrected chi connectivity index (χ3v) is 7.15. The van der Waals surface area contributed by atoms with Gasteiger partial charge in [-0.05, 0) is 77.0 Å². The van der Waals surface area contributed by atoms with E-state index in [-0.39, 0.29) is 35.2 Å². The van der Waals surface area contributed by atoms with Gasteiger partial charge in [0.25, 0.3) is 0 Å². The van der Waals surface area contributed by atoms with Crippen LogP contribution in [0.25, 0.3) is 0 Å². The summed E-state index contributed by atoms with van der Waals surface area (Å²) in [5.74, 6) is -0.0999. The lowest BCUT2D eigenvalue weighted by atomic mass is 9.63. The van der Waals surface area contributed by atoms with Gasteiger partial charge in [-0.1, -0.05) is 58.5 Å². The van der Waals surface area contributed by atoms with Gasteiger partial charge in [0.2, 0.25) is 5.91 Å². The van der Waals surface area contributed by atoms with E-state index in [1.54, 1.807) is 24.3 Å². The third-order valence-electron chi connectivity index (χ3n) is 7.15. The smallest absolute Gasteiger partial charge is 0.338 e. The summed E-state index contributed by atoms with van der Waals surface area (Å²) in [6, 6.07) is 13.7. The molecule has 1 N–H and O–H groups in total. The number of fused-ring (bicyclic) bond motifs is 1. The van der Waals surface area contributed by atoms with Crippen LogP contribution in [-0.2, 0) is 20.4 Å². The minimum atomic E-state index is -0.399. The maximum atomic E-state index is 12.8. The van der Waals surface area contributed by atoms with Gasteiger partial charge in [-0.25, -0.2) is 4.79 Å². The molecule has 0 radical (unpaired) electrons. The number of rotatable bonds is 6. The van der Waals surface area contributed by atoms with Crippen molar-refractivity contribution in [2.75, 3.05) is 11.9 Å². The summed E-state index contributed by atoms with van der Waals surface area (Å²) < 4.78 is 5.03. The fourth-order valence-electron chi connectivity index (χ4n) is 4.83.